The van der Waals surface area contributed by atoms with Gasteiger partial charge < -0.3 is 19.9 Å². The predicted octanol–water partition coefficient (Wildman–Crippen LogP) is 1.73. The summed E-state index contributed by atoms with van der Waals surface area (Å²) in [6.07, 6.45) is -4.33. The maximum Gasteiger partial charge on any atom is 0.422 e. The van der Waals surface area contributed by atoms with Crippen LogP contribution in [0.1, 0.15) is 5.56 Å². The average Bonchev–Trinajstić information content (AvgIpc) is 2.40. The van der Waals surface area contributed by atoms with Gasteiger partial charge in [0.25, 0.3) is 0 Å². The number of ether oxygens (including phenoxy) is 2. The van der Waals surface area contributed by atoms with Crippen molar-refractivity contribution in [3.8, 4) is 5.75 Å². The summed E-state index contributed by atoms with van der Waals surface area (Å²) in [4.78, 5) is 0. The Bertz CT molecular complexity index is 438. The number of aliphatic hydroxyl groups excluding tert-OH is 1. The first kappa shape index (κ1) is 16.1. The van der Waals surface area contributed by atoms with Crippen LogP contribution in [0.4, 0.5) is 13.2 Å². The van der Waals surface area contributed by atoms with E-state index in [2.05, 4.69) is 10.1 Å². The first-order chi connectivity index (χ1) is 9.92. The SMILES string of the molecule is OCC1(CNCc2ccc(OCC(F)(F)F)cc2)COC1. The molecule has 118 valence electrons. The maximum absolute atomic E-state index is 12.0. The van der Waals surface area contributed by atoms with Gasteiger partial charge in [-0.1, -0.05) is 12.1 Å². The van der Waals surface area contributed by atoms with E-state index in [1.807, 2.05) is 0 Å². The Kier molecular flexibility index (Phi) is 5.08. The first-order valence-electron chi connectivity index (χ1n) is 6.60. The van der Waals surface area contributed by atoms with E-state index in [-0.39, 0.29) is 17.8 Å². The lowest BCUT2D eigenvalue weighted by Crippen LogP contribution is -2.52. The molecule has 0 spiro atoms. The van der Waals surface area contributed by atoms with Gasteiger partial charge >= 0.3 is 6.18 Å². The largest absolute Gasteiger partial charge is 0.484 e. The smallest absolute Gasteiger partial charge is 0.422 e. The molecule has 1 heterocycles. The van der Waals surface area contributed by atoms with Gasteiger partial charge in [-0.15, -0.1) is 0 Å². The van der Waals surface area contributed by atoms with Crippen LogP contribution >= 0.6 is 0 Å². The molecule has 0 atom stereocenters. The Labute approximate surface area is 120 Å². The van der Waals surface area contributed by atoms with Gasteiger partial charge in [0.15, 0.2) is 6.61 Å². The molecule has 21 heavy (non-hydrogen) atoms. The van der Waals surface area contributed by atoms with Crippen molar-refractivity contribution in [1.29, 1.82) is 0 Å². The monoisotopic (exact) mass is 305 g/mol. The summed E-state index contributed by atoms with van der Waals surface area (Å²) in [5.41, 5.74) is 0.734. The standard InChI is InChI=1S/C14H18F3NO3/c15-14(16,17)10-21-12-3-1-11(2-4-12)5-18-6-13(7-19)8-20-9-13/h1-4,18-19H,5-10H2. The highest BCUT2D eigenvalue weighted by molar-refractivity contribution is 5.27. The molecular formula is C14H18F3NO3. The minimum atomic E-state index is -4.33. The predicted molar refractivity (Wildman–Crippen MR) is 70.0 cm³/mol. The van der Waals surface area contributed by atoms with Gasteiger partial charge in [0.1, 0.15) is 5.75 Å². The molecule has 7 heteroatoms. The molecule has 4 nitrogen and oxygen atoms in total. The molecule has 0 unspecified atom stereocenters. The van der Waals surface area contributed by atoms with E-state index in [1.165, 1.54) is 12.1 Å². The second-order valence-electron chi connectivity index (χ2n) is 5.30. The van der Waals surface area contributed by atoms with Gasteiger partial charge in [-0.2, -0.15) is 13.2 Å². The number of halogens is 3. The number of hydrogen-bond acceptors (Lipinski definition) is 4. The lowest BCUT2D eigenvalue weighted by atomic mass is 9.87. The molecule has 1 aromatic carbocycles. The van der Waals surface area contributed by atoms with Crippen molar-refractivity contribution in [3.63, 3.8) is 0 Å². The van der Waals surface area contributed by atoms with E-state index < -0.39 is 12.8 Å². The Morgan fingerprint density at radius 2 is 1.90 bits per heavy atom. The molecule has 0 aliphatic carbocycles. The first-order valence-corrected chi connectivity index (χ1v) is 6.60. The lowest BCUT2D eigenvalue weighted by molar-refractivity contribution is -0.153. The zero-order chi connectivity index (χ0) is 15.3. The van der Waals surface area contributed by atoms with Crippen molar-refractivity contribution >= 4 is 0 Å². The topological polar surface area (TPSA) is 50.7 Å². The van der Waals surface area contributed by atoms with Crippen molar-refractivity contribution < 1.29 is 27.8 Å². The van der Waals surface area contributed by atoms with Crippen LogP contribution in [0.3, 0.4) is 0 Å². The number of alkyl halides is 3. The highest BCUT2D eigenvalue weighted by Crippen LogP contribution is 2.25. The van der Waals surface area contributed by atoms with E-state index in [9.17, 15) is 18.3 Å². The van der Waals surface area contributed by atoms with Crippen LogP contribution in [0.2, 0.25) is 0 Å². The fourth-order valence-corrected chi connectivity index (χ4v) is 1.98. The van der Waals surface area contributed by atoms with Crippen molar-refractivity contribution in [2.45, 2.75) is 12.7 Å². The van der Waals surface area contributed by atoms with Crippen LogP contribution < -0.4 is 10.1 Å². The Morgan fingerprint density at radius 1 is 1.24 bits per heavy atom. The molecule has 1 aliphatic rings. The van der Waals surface area contributed by atoms with E-state index in [0.717, 1.165) is 5.56 Å². The number of aliphatic hydroxyl groups is 1. The van der Waals surface area contributed by atoms with Crippen molar-refractivity contribution in [3.05, 3.63) is 29.8 Å². The van der Waals surface area contributed by atoms with E-state index in [1.54, 1.807) is 12.1 Å². The molecule has 0 aromatic heterocycles. The zero-order valence-corrected chi connectivity index (χ0v) is 11.4. The summed E-state index contributed by atoms with van der Waals surface area (Å²) < 4.78 is 45.7. The highest BCUT2D eigenvalue weighted by atomic mass is 19.4. The molecule has 2 rings (SSSR count). The van der Waals surface area contributed by atoms with Gasteiger partial charge in [-0.05, 0) is 17.7 Å². The van der Waals surface area contributed by atoms with Crippen LogP contribution in [-0.4, -0.2) is 44.3 Å². The number of benzene rings is 1. The quantitative estimate of drug-likeness (QED) is 0.805. The molecule has 1 fully saturated rings. The normalized spacial score (nSPS) is 17.3. The van der Waals surface area contributed by atoms with E-state index in [4.69, 9.17) is 4.74 Å². The van der Waals surface area contributed by atoms with Gasteiger partial charge in [0.2, 0.25) is 0 Å². The van der Waals surface area contributed by atoms with Crippen LogP contribution in [-0.2, 0) is 11.3 Å². The van der Waals surface area contributed by atoms with Crippen LogP contribution in [0.15, 0.2) is 24.3 Å². The molecule has 1 aromatic rings. The summed E-state index contributed by atoms with van der Waals surface area (Å²) in [7, 11) is 0. The van der Waals surface area contributed by atoms with Crippen molar-refractivity contribution in [1.82, 2.24) is 5.32 Å². The molecule has 2 N–H and O–H groups in total. The fourth-order valence-electron chi connectivity index (χ4n) is 1.98. The van der Waals surface area contributed by atoms with E-state index >= 15 is 0 Å². The lowest BCUT2D eigenvalue weighted by Gasteiger charge is -2.40. The molecule has 0 amide bonds. The minimum absolute atomic E-state index is 0.0736. The zero-order valence-electron chi connectivity index (χ0n) is 11.4. The molecular weight excluding hydrogens is 287 g/mol. The van der Waals surface area contributed by atoms with Gasteiger partial charge in [0.05, 0.1) is 25.2 Å². The van der Waals surface area contributed by atoms with Crippen LogP contribution in [0, 0.1) is 5.41 Å². The third-order valence-electron chi connectivity index (χ3n) is 3.31. The Balaban J connectivity index is 1.74. The van der Waals surface area contributed by atoms with Gasteiger partial charge in [-0.25, -0.2) is 0 Å². The molecule has 1 saturated heterocycles. The summed E-state index contributed by atoms with van der Waals surface area (Å²) in [5, 5.41) is 12.5. The number of hydrogen-bond donors (Lipinski definition) is 2. The third-order valence-corrected chi connectivity index (χ3v) is 3.31. The summed E-state index contributed by atoms with van der Waals surface area (Å²) in [5.74, 6) is 0.190. The van der Waals surface area contributed by atoms with E-state index in [0.29, 0.717) is 26.3 Å². The molecule has 0 radical (unpaired) electrons. The third kappa shape index (κ3) is 4.87. The summed E-state index contributed by atoms with van der Waals surface area (Å²) in [6.45, 7) is 1.08. The second-order valence-corrected chi connectivity index (χ2v) is 5.30. The van der Waals surface area contributed by atoms with Crippen LogP contribution in [0.5, 0.6) is 5.75 Å². The highest BCUT2D eigenvalue weighted by Gasteiger charge is 2.37. The molecule has 0 saturated carbocycles. The molecule has 1 aliphatic heterocycles. The second kappa shape index (κ2) is 6.64. The van der Waals surface area contributed by atoms with Gasteiger partial charge in [0, 0.05) is 13.1 Å². The van der Waals surface area contributed by atoms with Crippen LogP contribution in [0.25, 0.3) is 0 Å². The Morgan fingerprint density at radius 3 is 2.38 bits per heavy atom. The minimum Gasteiger partial charge on any atom is -0.484 e. The summed E-state index contributed by atoms with van der Waals surface area (Å²) >= 11 is 0. The van der Waals surface area contributed by atoms with Crippen molar-refractivity contribution in [2.75, 3.05) is 33.0 Å². The molecule has 0 bridgehead atoms. The van der Waals surface area contributed by atoms with Gasteiger partial charge in [-0.3, -0.25) is 0 Å². The van der Waals surface area contributed by atoms with Crippen molar-refractivity contribution in [2.24, 2.45) is 5.41 Å². The fraction of sp³-hybridized carbons (Fsp3) is 0.571. The number of rotatable bonds is 7. The summed E-state index contributed by atoms with van der Waals surface area (Å²) in [6, 6.07) is 6.44. The Hall–Kier alpha value is -1.31. The number of nitrogens with one attached hydrogen (secondary N) is 1. The average molecular weight is 305 g/mol. The maximum atomic E-state index is 12.0.